The van der Waals surface area contributed by atoms with Crippen LogP contribution in [0.1, 0.15) is 20.8 Å². The van der Waals surface area contributed by atoms with E-state index in [-0.39, 0.29) is 12.2 Å². The van der Waals surface area contributed by atoms with Crippen molar-refractivity contribution in [1.82, 2.24) is 0 Å². The molecule has 1 aliphatic heterocycles. The predicted molar refractivity (Wildman–Crippen MR) is 44.3 cm³/mol. The summed E-state index contributed by atoms with van der Waals surface area (Å²) in [6, 6.07) is 0. The number of ether oxygens (including phenoxy) is 1. The molecule has 11 heavy (non-hydrogen) atoms. The van der Waals surface area contributed by atoms with E-state index in [0.717, 1.165) is 0 Å². The molecule has 0 saturated carbocycles. The number of aliphatic hydroxyl groups excluding tert-OH is 1. The fourth-order valence-corrected chi connectivity index (χ4v) is 1.13. The van der Waals surface area contributed by atoms with Crippen LogP contribution in [0.25, 0.3) is 0 Å². The largest absolute Gasteiger partial charge is 0.386 e. The van der Waals surface area contributed by atoms with Gasteiger partial charge in [0, 0.05) is 0 Å². The van der Waals surface area contributed by atoms with Crippen molar-refractivity contribution in [3.05, 3.63) is 12.2 Å². The summed E-state index contributed by atoms with van der Waals surface area (Å²) in [7, 11) is 0. The van der Waals surface area contributed by atoms with Crippen LogP contribution in [0, 0.1) is 5.92 Å². The molecule has 1 N–H and O–H groups in total. The molecule has 0 aliphatic carbocycles. The van der Waals surface area contributed by atoms with Crippen molar-refractivity contribution in [2.24, 2.45) is 5.92 Å². The molecule has 0 bridgehead atoms. The van der Waals surface area contributed by atoms with E-state index in [1.165, 1.54) is 0 Å². The molecular weight excluding hydrogens is 140 g/mol. The van der Waals surface area contributed by atoms with Gasteiger partial charge in [-0.3, -0.25) is 0 Å². The molecule has 0 radical (unpaired) electrons. The molecule has 64 valence electrons. The summed E-state index contributed by atoms with van der Waals surface area (Å²) in [5.41, 5.74) is 0. The van der Waals surface area contributed by atoms with Gasteiger partial charge in [0.2, 0.25) is 0 Å². The minimum absolute atomic E-state index is 0.0626. The summed E-state index contributed by atoms with van der Waals surface area (Å²) in [6.07, 6.45) is 3.44. The summed E-state index contributed by atoms with van der Waals surface area (Å²) < 4.78 is 5.52. The van der Waals surface area contributed by atoms with Crippen LogP contribution in [0.3, 0.4) is 0 Å². The minimum Gasteiger partial charge on any atom is -0.386 e. The third-order valence-corrected chi connectivity index (χ3v) is 2.01. The van der Waals surface area contributed by atoms with E-state index in [4.69, 9.17) is 4.74 Å². The third kappa shape index (κ3) is 2.04. The number of hydrogen-bond donors (Lipinski definition) is 1. The Bertz CT molecular complexity index is 152. The van der Waals surface area contributed by atoms with Crippen molar-refractivity contribution < 1.29 is 9.84 Å². The molecule has 0 fully saturated rings. The second kappa shape index (κ2) is 3.37. The van der Waals surface area contributed by atoms with Crippen LogP contribution in [-0.4, -0.2) is 23.4 Å². The van der Waals surface area contributed by atoms with E-state index in [0.29, 0.717) is 5.92 Å². The van der Waals surface area contributed by atoms with Crippen LogP contribution in [0.2, 0.25) is 0 Å². The van der Waals surface area contributed by atoms with E-state index >= 15 is 0 Å². The van der Waals surface area contributed by atoms with Gasteiger partial charge in [-0.05, 0) is 12.8 Å². The van der Waals surface area contributed by atoms with Crippen LogP contribution in [0.4, 0.5) is 0 Å². The molecule has 2 unspecified atom stereocenters. The van der Waals surface area contributed by atoms with Gasteiger partial charge >= 0.3 is 0 Å². The zero-order chi connectivity index (χ0) is 8.43. The Kier molecular flexibility index (Phi) is 2.68. The predicted octanol–water partition coefficient (Wildman–Crippen LogP) is 1.35. The van der Waals surface area contributed by atoms with Crippen molar-refractivity contribution in [3.8, 4) is 0 Å². The SMILES string of the molecule is CC1O[C@H](C(C)C)C=CC1O. The van der Waals surface area contributed by atoms with E-state index in [2.05, 4.69) is 13.8 Å². The van der Waals surface area contributed by atoms with Gasteiger partial charge < -0.3 is 9.84 Å². The smallest absolute Gasteiger partial charge is 0.0981 e. The molecule has 0 amide bonds. The van der Waals surface area contributed by atoms with E-state index < -0.39 is 6.10 Å². The zero-order valence-electron chi connectivity index (χ0n) is 7.32. The summed E-state index contributed by atoms with van der Waals surface area (Å²) in [6.45, 7) is 6.11. The Morgan fingerprint density at radius 1 is 1.36 bits per heavy atom. The topological polar surface area (TPSA) is 29.5 Å². The fourth-order valence-electron chi connectivity index (χ4n) is 1.13. The lowest BCUT2D eigenvalue weighted by Gasteiger charge is -2.29. The minimum atomic E-state index is -0.426. The Morgan fingerprint density at radius 2 is 2.00 bits per heavy atom. The zero-order valence-corrected chi connectivity index (χ0v) is 7.32. The third-order valence-electron chi connectivity index (χ3n) is 2.01. The van der Waals surface area contributed by atoms with Gasteiger partial charge in [-0.15, -0.1) is 0 Å². The maximum atomic E-state index is 9.27. The molecule has 0 aromatic rings. The molecule has 1 aliphatic rings. The molecule has 1 rings (SSSR count). The standard InChI is InChI=1S/C9H16O2/c1-6(2)9-5-4-8(10)7(3)11-9/h4-10H,1-3H3/t7?,8?,9-/m0/s1. The van der Waals surface area contributed by atoms with E-state index in [9.17, 15) is 5.11 Å². The highest BCUT2D eigenvalue weighted by Gasteiger charge is 2.22. The highest BCUT2D eigenvalue weighted by molar-refractivity contribution is 5.01. The lowest BCUT2D eigenvalue weighted by atomic mass is 10.0. The second-order valence-electron chi connectivity index (χ2n) is 3.43. The normalized spacial score (nSPS) is 38.1. The van der Waals surface area contributed by atoms with E-state index in [1.807, 2.05) is 19.1 Å². The Labute approximate surface area is 67.9 Å². The van der Waals surface area contributed by atoms with Crippen LogP contribution in [-0.2, 0) is 4.74 Å². The molecular formula is C9H16O2. The molecule has 2 nitrogen and oxygen atoms in total. The van der Waals surface area contributed by atoms with Crippen molar-refractivity contribution in [2.75, 3.05) is 0 Å². The Balaban J connectivity index is 2.56. The average molecular weight is 156 g/mol. The first-order valence-corrected chi connectivity index (χ1v) is 4.13. The summed E-state index contributed by atoms with van der Waals surface area (Å²) in [4.78, 5) is 0. The van der Waals surface area contributed by atoms with Gasteiger partial charge in [0.1, 0.15) is 0 Å². The molecule has 0 spiro atoms. The van der Waals surface area contributed by atoms with Gasteiger partial charge in [0.05, 0.1) is 18.3 Å². The maximum Gasteiger partial charge on any atom is 0.0981 e. The van der Waals surface area contributed by atoms with Gasteiger partial charge in [0.15, 0.2) is 0 Å². The summed E-state index contributed by atoms with van der Waals surface area (Å²) in [5, 5.41) is 9.27. The molecule has 2 heteroatoms. The first kappa shape index (κ1) is 8.75. The molecule has 0 aromatic carbocycles. The van der Waals surface area contributed by atoms with Crippen molar-refractivity contribution in [2.45, 2.75) is 39.1 Å². The van der Waals surface area contributed by atoms with Crippen LogP contribution in [0.15, 0.2) is 12.2 Å². The molecule has 0 aromatic heterocycles. The first-order valence-electron chi connectivity index (χ1n) is 4.13. The van der Waals surface area contributed by atoms with Crippen molar-refractivity contribution in [3.63, 3.8) is 0 Å². The fraction of sp³-hybridized carbons (Fsp3) is 0.778. The lowest BCUT2D eigenvalue weighted by molar-refractivity contribution is -0.0605. The Hall–Kier alpha value is -0.340. The number of hydrogen-bond acceptors (Lipinski definition) is 2. The highest BCUT2D eigenvalue weighted by atomic mass is 16.5. The van der Waals surface area contributed by atoms with E-state index in [1.54, 1.807) is 0 Å². The van der Waals surface area contributed by atoms with Gasteiger partial charge in [0.25, 0.3) is 0 Å². The quantitative estimate of drug-likeness (QED) is 0.581. The van der Waals surface area contributed by atoms with Crippen LogP contribution >= 0.6 is 0 Å². The maximum absolute atomic E-state index is 9.27. The van der Waals surface area contributed by atoms with Crippen LogP contribution in [0.5, 0.6) is 0 Å². The van der Waals surface area contributed by atoms with Crippen molar-refractivity contribution in [1.29, 1.82) is 0 Å². The first-order chi connectivity index (χ1) is 5.11. The van der Waals surface area contributed by atoms with Gasteiger partial charge in [-0.1, -0.05) is 26.0 Å². The second-order valence-corrected chi connectivity index (χ2v) is 3.43. The average Bonchev–Trinajstić information content (AvgIpc) is 1.94. The summed E-state index contributed by atoms with van der Waals surface area (Å²) in [5.74, 6) is 0.487. The number of aliphatic hydroxyl groups is 1. The molecule has 3 atom stereocenters. The number of rotatable bonds is 1. The van der Waals surface area contributed by atoms with Gasteiger partial charge in [-0.2, -0.15) is 0 Å². The Morgan fingerprint density at radius 3 is 2.45 bits per heavy atom. The van der Waals surface area contributed by atoms with Crippen molar-refractivity contribution >= 4 is 0 Å². The molecule has 0 saturated heterocycles. The van der Waals surface area contributed by atoms with Crippen LogP contribution < -0.4 is 0 Å². The highest BCUT2D eigenvalue weighted by Crippen LogP contribution is 2.17. The molecule has 1 heterocycles. The van der Waals surface area contributed by atoms with Gasteiger partial charge in [-0.25, -0.2) is 0 Å². The monoisotopic (exact) mass is 156 g/mol. The lowest BCUT2D eigenvalue weighted by Crippen LogP contribution is -2.34. The summed E-state index contributed by atoms with van der Waals surface area (Å²) >= 11 is 0.